The van der Waals surface area contributed by atoms with Crippen molar-refractivity contribution < 1.29 is 4.74 Å². The minimum atomic E-state index is 0. The molecule has 0 saturated carbocycles. The van der Waals surface area contributed by atoms with Crippen molar-refractivity contribution in [1.82, 2.24) is 15.6 Å². The van der Waals surface area contributed by atoms with Crippen LogP contribution in [0.2, 0.25) is 0 Å². The Morgan fingerprint density at radius 2 is 1.88 bits per heavy atom. The molecule has 1 heterocycles. The lowest BCUT2D eigenvalue weighted by Gasteiger charge is -2.12. The van der Waals surface area contributed by atoms with Gasteiger partial charge in [-0.25, -0.2) is 0 Å². The molecule has 0 aliphatic rings. The molecule has 0 unspecified atom stereocenters. The predicted molar refractivity (Wildman–Crippen MR) is 114 cm³/mol. The molecule has 6 heteroatoms. The number of ether oxygens (including phenoxy) is 1. The molecule has 0 bridgehead atoms. The molecule has 136 valence electrons. The number of nitrogens with one attached hydrogen (secondary N) is 2. The lowest BCUT2D eigenvalue weighted by atomic mass is 10.1. The summed E-state index contributed by atoms with van der Waals surface area (Å²) < 4.78 is 5.65. The monoisotopic (exact) mass is 454 g/mol. The van der Waals surface area contributed by atoms with Gasteiger partial charge in [0.15, 0.2) is 5.96 Å². The van der Waals surface area contributed by atoms with Crippen molar-refractivity contribution in [3.8, 4) is 5.75 Å². The second-order valence-electron chi connectivity index (χ2n) is 5.73. The number of benzene rings is 1. The molecule has 0 aliphatic heterocycles. The van der Waals surface area contributed by atoms with E-state index in [2.05, 4.69) is 32.7 Å². The summed E-state index contributed by atoms with van der Waals surface area (Å²) >= 11 is 0. The maximum Gasteiger partial charge on any atom is 0.191 e. The van der Waals surface area contributed by atoms with Crippen LogP contribution < -0.4 is 15.4 Å². The molecule has 1 aromatic carbocycles. The SMILES string of the molecule is CN=C(NCCc1ccc(OC(C)C)cc1)NCc1ccccn1.I. The number of hydrogen-bond acceptors (Lipinski definition) is 3. The van der Waals surface area contributed by atoms with Crippen LogP contribution in [0.15, 0.2) is 53.7 Å². The number of guanidine groups is 1. The molecule has 5 nitrogen and oxygen atoms in total. The van der Waals surface area contributed by atoms with Gasteiger partial charge in [-0.2, -0.15) is 0 Å². The Hall–Kier alpha value is -1.83. The van der Waals surface area contributed by atoms with Gasteiger partial charge in [-0.3, -0.25) is 9.98 Å². The van der Waals surface area contributed by atoms with Crippen LogP contribution in [0.1, 0.15) is 25.1 Å². The Bertz CT molecular complexity index is 630. The second-order valence-corrected chi connectivity index (χ2v) is 5.73. The molecule has 0 amide bonds. The standard InChI is InChI=1S/C19H26N4O.HI/c1-15(2)24-18-9-7-16(8-10-18)11-13-22-19(20-3)23-14-17-6-4-5-12-21-17;/h4-10,12,15H,11,13-14H2,1-3H3,(H2,20,22,23);1H. The fraction of sp³-hybridized carbons (Fsp3) is 0.368. The van der Waals surface area contributed by atoms with Crippen molar-refractivity contribution in [3.63, 3.8) is 0 Å². The van der Waals surface area contributed by atoms with E-state index >= 15 is 0 Å². The van der Waals surface area contributed by atoms with Gasteiger partial charge in [0.2, 0.25) is 0 Å². The predicted octanol–water partition coefficient (Wildman–Crippen LogP) is 3.39. The molecule has 0 saturated heterocycles. The van der Waals surface area contributed by atoms with Gasteiger partial charge in [0.1, 0.15) is 5.75 Å². The van der Waals surface area contributed by atoms with Gasteiger partial charge in [0.25, 0.3) is 0 Å². The summed E-state index contributed by atoms with van der Waals surface area (Å²) in [5, 5.41) is 6.57. The van der Waals surface area contributed by atoms with Gasteiger partial charge in [0, 0.05) is 19.8 Å². The van der Waals surface area contributed by atoms with Crippen LogP contribution in [-0.2, 0) is 13.0 Å². The maximum atomic E-state index is 5.65. The van der Waals surface area contributed by atoms with Crippen LogP contribution in [0.5, 0.6) is 5.75 Å². The van der Waals surface area contributed by atoms with E-state index in [9.17, 15) is 0 Å². The molecule has 2 aromatic rings. The molecule has 2 N–H and O–H groups in total. The normalized spacial score (nSPS) is 11.0. The van der Waals surface area contributed by atoms with E-state index in [0.29, 0.717) is 6.54 Å². The van der Waals surface area contributed by atoms with Crippen molar-refractivity contribution in [2.75, 3.05) is 13.6 Å². The third-order valence-electron chi connectivity index (χ3n) is 3.39. The minimum absolute atomic E-state index is 0. The summed E-state index contributed by atoms with van der Waals surface area (Å²) in [7, 11) is 1.77. The third-order valence-corrected chi connectivity index (χ3v) is 3.39. The summed E-state index contributed by atoms with van der Waals surface area (Å²) in [6, 6.07) is 14.1. The summed E-state index contributed by atoms with van der Waals surface area (Å²) in [4.78, 5) is 8.51. The Balaban J connectivity index is 0.00000312. The van der Waals surface area contributed by atoms with Gasteiger partial charge in [0.05, 0.1) is 18.3 Å². The van der Waals surface area contributed by atoms with Crippen LogP contribution in [0, 0.1) is 0 Å². The van der Waals surface area contributed by atoms with Gasteiger partial charge in [-0.1, -0.05) is 18.2 Å². The van der Waals surface area contributed by atoms with E-state index in [-0.39, 0.29) is 30.1 Å². The molecular formula is C19H27IN4O. The van der Waals surface area contributed by atoms with Crippen molar-refractivity contribution in [2.24, 2.45) is 4.99 Å². The fourth-order valence-corrected chi connectivity index (χ4v) is 2.23. The van der Waals surface area contributed by atoms with Crippen LogP contribution in [0.4, 0.5) is 0 Å². The number of rotatable bonds is 7. The van der Waals surface area contributed by atoms with E-state index in [1.165, 1.54) is 5.56 Å². The smallest absolute Gasteiger partial charge is 0.191 e. The first-order chi connectivity index (χ1) is 11.7. The summed E-state index contributed by atoms with van der Waals surface area (Å²) in [5.41, 5.74) is 2.25. The van der Waals surface area contributed by atoms with Gasteiger partial charge < -0.3 is 15.4 Å². The average molecular weight is 454 g/mol. The lowest BCUT2D eigenvalue weighted by Crippen LogP contribution is -2.38. The van der Waals surface area contributed by atoms with E-state index in [0.717, 1.165) is 30.4 Å². The van der Waals surface area contributed by atoms with E-state index in [1.54, 1.807) is 13.2 Å². The summed E-state index contributed by atoms with van der Waals surface area (Å²) in [6.07, 6.45) is 2.91. The highest BCUT2D eigenvalue weighted by molar-refractivity contribution is 14.0. The Morgan fingerprint density at radius 3 is 2.48 bits per heavy atom. The topological polar surface area (TPSA) is 58.5 Å². The highest BCUT2D eigenvalue weighted by atomic mass is 127. The number of hydrogen-bond donors (Lipinski definition) is 2. The quantitative estimate of drug-likeness (QED) is 0.383. The number of nitrogens with zero attached hydrogens (tertiary/aromatic N) is 2. The molecule has 1 aromatic heterocycles. The highest BCUT2D eigenvalue weighted by Crippen LogP contribution is 2.13. The van der Waals surface area contributed by atoms with Gasteiger partial charge in [-0.15, -0.1) is 24.0 Å². The molecule has 0 spiro atoms. The van der Waals surface area contributed by atoms with Crippen molar-refractivity contribution in [2.45, 2.75) is 32.9 Å². The molecule has 0 radical (unpaired) electrons. The number of halogens is 1. The molecule has 0 atom stereocenters. The van der Waals surface area contributed by atoms with Crippen molar-refractivity contribution in [3.05, 3.63) is 59.9 Å². The second kappa shape index (κ2) is 11.7. The molecule has 0 fully saturated rings. The van der Waals surface area contributed by atoms with Crippen LogP contribution in [-0.4, -0.2) is 30.6 Å². The number of aliphatic imine (C=N–C) groups is 1. The number of pyridine rings is 1. The molecule has 0 aliphatic carbocycles. The van der Waals surface area contributed by atoms with Crippen molar-refractivity contribution >= 4 is 29.9 Å². The van der Waals surface area contributed by atoms with E-state index in [1.807, 2.05) is 44.2 Å². The zero-order valence-electron chi connectivity index (χ0n) is 15.0. The van der Waals surface area contributed by atoms with E-state index in [4.69, 9.17) is 4.74 Å². The average Bonchev–Trinajstić information content (AvgIpc) is 2.60. The summed E-state index contributed by atoms with van der Waals surface area (Å²) in [6.45, 7) is 5.52. The van der Waals surface area contributed by atoms with Gasteiger partial charge >= 0.3 is 0 Å². The van der Waals surface area contributed by atoms with Gasteiger partial charge in [-0.05, 0) is 50.1 Å². The highest BCUT2D eigenvalue weighted by Gasteiger charge is 2.01. The summed E-state index contributed by atoms with van der Waals surface area (Å²) in [5.74, 6) is 1.69. The van der Waals surface area contributed by atoms with Crippen molar-refractivity contribution in [1.29, 1.82) is 0 Å². The Labute approximate surface area is 167 Å². The first kappa shape index (κ1) is 21.2. The zero-order valence-corrected chi connectivity index (χ0v) is 17.4. The third kappa shape index (κ3) is 8.20. The minimum Gasteiger partial charge on any atom is -0.491 e. The first-order valence-corrected chi connectivity index (χ1v) is 8.27. The van der Waals surface area contributed by atoms with Crippen LogP contribution >= 0.6 is 24.0 Å². The molecular weight excluding hydrogens is 427 g/mol. The largest absolute Gasteiger partial charge is 0.491 e. The fourth-order valence-electron chi connectivity index (χ4n) is 2.23. The lowest BCUT2D eigenvalue weighted by molar-refractivity contribution is 0.242. The molecule has 25 heavy (non-hydrogen) atoms. The number of aromatic nitrogens is 1. The van der Waals surface area contributed by atoms with Crippen LogP contribution in [0.25, 0.3) is 0 Å². The zero-order chi connectivity index (χ0) is 17.2. The molecule has 2 rings (SSSR count). The Kier molecular flexibility index (Phi) is 9.91. The Morgan fingerprint density at radius 1 is 1.12 bits per heavy atom. The van der Waals surface area contributed by atoms with Crippen LogP contribution in [0.3, 0.4) is 0 Å². The maximum absolute atomic E-state index is 5.65. The first-order valence-electron chi connectivity index (χ1n) is 8.27. The van der Waals surface area contributed by atoms with E-state index < -0.39 is 0 Å².